The summed E-state index contributed by atoms with van der Waals surface area (Å²) < 4.78 is 21.0. The zero-order valence-electron chi connectivity index (χ0n) is 14.8. The van der Waals surface area contributed by atoms with Gasteiger partial charge in [0.2, 0.25) is 0 Å². The van der Waals surface area contributed by atoms with Crippen molar-refractivity contribution in [1.82, 2.24) is 15.0 Å². The number of carbonyl (C=O) groups is 1. The topological polar surface area (TPSA) is 57.0 Å². The van der Waals surface area contributed by atoms with Gasteiger partial charge in [0, 0.05) is 24.7 Å². The Labute approximate surface area is 150 Å². The lowest BCUT2D eigenvalue weighted by atomic mass is 10.0. The average molecular weight is 351 g/mol. The van der Waals surface area contributed by atoms with E-state index in [9.17, 15) is 9.18 Å². The van der Waals surface area contributed by atoms with Crippen LogP contribution in [-0.2, 0) is 11.2 Å². The molecule has 4 rings (SSSR count). The molecule has 0 amide bonds. The maximum atomic E-state index is 14.1. The van der Waals surface area contributed by atoms with Gasteiger partial charge in [0.1, 0.15) is 22.8 Å². The molecule has 0 radical (unpaired) electrons. The third-order valence-corrected chi connectivity index (χ3v) is 5.06. The number of Topliss-reactive ketones (excluding diaryl/α,β-unsaturated/α-hetero) is 1. The number of carbonyl (C=O) groups excluding carboxylic acids is 1. The molecule has 1 heterocycles. The van der Waals surface area contributed by atoms with Crippen molar-refractivity contribution in [2.45, 2.75) is 25.9 Å². The molecule has 3 aromatic rings. The van der Waals surface area contributed by atoms with E-state index in [2.05, 4.69) is 10.3 Å². The quantitative estimate of drug-likeness (QED) is 0.724. The highest BCUT2D eigenvalue weighted by atomic mass is 19.1. The molecule has 0 bridgehead atoms. The lowest BCUT2D eigenvalue weighted by Gasteiger charge is -2.19. The van der Waals surface area contributed by atoms with Crippen molar-refractivity contribution >= 4 is 5.78 Å². The Morgan fingerprint density at radius 2 is 2.00 bits per heavy atom. The number of hydrogen-bond donors (Lipinski definition) is 0. The molecule has 0 N–H and O–H groups in total. The largest absolute Gasteiger partial charge is 0.370 e. The maximum Gasteiger partial charge on any atom is 0.194 e. The van der Waals surface area contributed by atoms with Crippen LogP contribution in [0.5, 0.6) is 0 Å². The molecule has 2 aromatic carbocycles. The number of ether oxygens (including phenoxy) is 1. The SMILES string of the molecule is COC1(C)Cc2cc(-c3nnn(-c4ccccc4F)c3C)ccc2C1=O. The van der Waals surface area contributed by atoms with E-state index < -0.39 is 5.60 Å². The van der Waals surface area contributed by atoms with Crippen molar-refractivity contribution in [3.05, 3.63) is 65.1 Å². The normalized spacial score (nSPS) is 19.0. The number of para-hydroxylation sites is 1. The predicted octanol–water partition coefficient (Wildman–Crippen LogP) is 3.53. The molecule has 6 heteroatoms. The minimum atomic E-state index is -0.819. The highest BCUT2D eigenvalue weighted by Gasteiger charge is 2.41. The number of halogens is 1. The number of nitrogens with zero attached hydrogens (tertiary/aromatic N) is 3. The van der Waals surface area contributed by atoms with E-state index in [1.54, 1.807) is 38.3 Å². The van der Waals surface area contributed by atoms with Crippen LogP contribution < -0.4 is 0 Å². The van der Waals surface area contributed by atoms with E-state index in [0.717, 1.165) is 16.8 Å². The average Bonchev–Trinajstić information content (AvgIpc) is 3.13. The van der Waals surface area contributed by atoms with Crippen LogP contribution in [0.4, 0.5) is 4.39 Å². The first-order chi connectivity index (χ1) is 12.4. The van der Waals surface area contributed by atoms with Crippen LogP contribution in [0.15, 0.2) is 42.5 Å². The fourth-order valence-electron chi connectivity index (χ4n) is 3.45. The van der Waals surface area contributed by atoms with E-state index >= 15 is 0 Å². The second-order valence-electron chi connectivity index (χ2n) is 6.70. The van der Waals surface area contributed by atoms with Crippen LogP contribution >= 0.6 is 0 Å². The van der Waals surface area contributed by atoms with E-state index in [1.165, 1.54) is 10.7 Å². The Balaban J connectivity index is 1.77. The Morgan fingerprint density at radius 1 is 1.23 bits per heavy atom. The second kappa shape index (κ2) is 5.85. The van der Waals surface area contributed by atoms with Gasteiger partial charge in [-0.05, 0) is 37.6 Å². The van der Waals surface area contributed by atoms with E-state index in [1.807, 2.05) is 19.1 Å². The highest BCUT2D eigenvalue weighted by molar-refractivity contribution is 6.07. The van der Waals surface area contributed by atoms with E-state index in [-0.39, 0.29) is 11.6 Å². The summed E-state index contributed by atoms with van der Waals surface area (Å²) in [5.41, 5.74) is 3.38. The van der Waals surface area contributed by atoms with E-state index in [4.69, 9.17) is 4.74 Å². The van der Waals surface area contributed by atoms with Crippen LogP contribution in [0.3, 0.4) is 0 Å². The molecule has 0 aliphatic heterocycles. The summed E-state index contributed by atoms with van der Waals surface area (Å²) in [6.45, 7) is 3.65. The summed E-state index contributed by atoms with van der Waals surface area (Å²) in [7, 11) is 1.55. The second-order valence-corrected chi connectivity index (χ2v) is 6.70. The van der Waals surface area contributed by atoms with Crippen LogP contribution in [0.2, 0.25) is 0 Å². The predicted molar refractivity (Wildman–Crippen MR) is 94.9 cm³/mol. The number of hydrogen-bond acceptors (Lipinski definition) is 4. The van der Waals surface area contributed by atoms with Crippen molar-refractivity contribution in [3.63, 3.8) is 0 Å². The molecule has 1 atom stereocenters. The summed E-state index contributed by atoms with van der Waals surface area (Å²) in [5, 5.41) is 8.35. The van der Waals surface area contributed by atoms with Gasteiger partial charge in [0.15, 0.2) is 5.78 Å². The number of fused-ring (bicyclic) bond motifs is 1. The van der Waals surface area contributed by atoms with Gasteiger partial charge in [-0.1, -0.05) is 29.5 Å². The molecule has 5 nitrogen and oxygen atoms in total. The fraction of sp³-hybridized carbons (Fsp3) is 0.250. The number of rotatable bonds is 3. The number of aromatic nitrogens is 3. The third-order valence-electron chi connectivity index (χ3n) is 5.06. The fourth-order valence-corrected chi connectivity index (χ4v) is 3.45. The standard InChI is InChI=1S/C20H18FN3O2/c1-12-18(22-23-24(12)17-7-5-4-6-16(17)21)13-8-9-15-14(10-13)11-20(2,26-3)19(15)25/h4-10H,11H2,1-3H3. The van der Waals surface area contributed by atoms with Crippen molar-refractivity contribution in [3.8, 4) is 16.9 Å². The van der Waals surface area contributed by atoms with Crippen LogP contribution in [0, 0.1) is 12.7 Å². The zero-order valence-corrected chi connectivity index (χ0v) is 14.8. The molecule has 1 aromatic heterocycles. The van der Waals surface area contributed by atoms with Crippen LogP contribution in [0.25, 0.3) is 16.9 Å². The van der Waals surface area contributed by atoms with Gasteiger partial charge in [-0.15, -0.1) is 5.10 Å². The monoisotopic (exact) mass is 351 g/mol. The molecule has 0 spiro atoms. The first kappa shape index (κ1) is 16.6. The number of methoxy groups -OCH3 is 1. The lowest BCUT2D eigenvalue weighted by molar-refractivity contribution is 0.0182. The summed E-state index contributed by atoms with van der Waals surface area (Å²) in [4.78, 5) is 12.5. The molecule has 0 saturated carbocycles. The molecule has 0 fully saturated rings. The van der Waals surface area contributed by atoms with Crippen molar-refractivity contribution in [2.75, 3.05) is 7.11 Å². The lowest BCUT2D eigenvalue weighted by Crippen LogP contribution is -2.34. The summed E-state index contributed by atoms with van der Waals surface area (Å²) in [6, 6.07) is 12.0. The van der Waals surface area contributed by atoms with Crippen molar-refractivity contribution in [2.24, 2.45) is 0 Å². The molecule has 26 heavy (non-hydrogen) atoms. The minimum Gasteiger partial charge on any atom is -0.370 e. The molecule has 0 saturated heterocycles. The van der Waals surface area contributed by atoms with Gasteiger partial charge in [-0.3, -0.25) is 4.79 Å². The summed E-state index contributed by atoms with van der Waals surface area (Å²) in [5.74, 6) is -0.365. The van der Waals surface area contributed by atoms with Crippen LogP contribution in [0.1, 0.15) is 28.5 Å². The van der Waals surface area contributed by atoms with Gasteiger partial charge in [0.25, 0.3) is 0 Å². The molecule has 132 valence electrons. The van der Waals surface area contributed by atoms with E-state index in [0.29, 0.717) is 23.4 Å². The Hall–Kier alpha value is -2.86. The number of benzene rings is 2. The minimum absolute atomic E-state index is 0.00622. The van der Waals surface area contributed by atoms with Crippen molar-refractivity contribution < 1.29 is 13.9 Å². The Morgan fingerprint density at radius 3 is 2.73 bits per heavy atom. The smallest absolute Gasteiger partial charge is 0.194 e. The van der Waals surface area contributed by atoms with Gasteiger partial charge >= 0.3 is 0 Å². The van der Waals surface area contributed by atoms with Gasteiger partial charge < -0.3 is 4.74 Å². The molecule has 1 aliphatic rings. The number of ketones is 1. The van der Waals surface area contributed by atoms with Gasteiger partial charge in [-0.25, -0.2) is 9.07 Å². The summed E-state index contributed by atoms with van der Waals surface area (Å²) >= 11 is 0. The Kier molecular flexibility index (Phi) is 3.73. The Bertz CT molecular complexity index is 1030. The van der Waals surface area contributed by atoms with Gasteiger partial charge in [-0.2, -0.15) is 0 Å². The van der Waals surface area contributed by atoms with Crippen LogP contribution in [-0.4, -0.2) is 33.5 Å². The molecule has 1 unspecified atom stereocenters. The zero-order chi connectivity index (χ0) is 18.5. The third kappa shape index (κ3) is 2.37. The first-order valence-corrected chi connectivity index (χ1v) is 8.35. The summed E-state index contributed by atoms with van der Waals surface area (Å²) in [6.07, 6.45) is 0.520. The van der Waals surface area contributed by atoms with Gasteiger partial charge in [0.05, 0.1) is 5.69 Å². The molecule has 1 aliphatic carbocycles. The van der Waals surface area contributed by atoms with Crippen molar-refractivity contribution in [1.29, 1.82) is 0 Å². The maximum absolute atomic E-state index is 14.1. The first-order valence-electron chi connectivity index (χ1n) is 8.35. The molecular weight excluding hydrogens is 333 g/mol. The molecular formula is C20H18FN3O2. The highest BCUT2D eigenvalue weighted by Crippen LogP contribution is 2.35.